The van der Waals surface area contributed by atoms with Crippen LogP contribution < -0.4 is 5.73 Å². The molecule has 3 nitrogen and oxygen atoms in total. The summed E-state index contributed by atoms with van der Waals surface area (Å²) in [7, 11) is 1.93. The van der Waals surface area contributed by atoms with E-state index in [9.17, 15) is 0 Å². The molecule has 0 fully saturated rings. The van der Waals surface area contributed by atoms with Gasteiger partial charge in [-0.05, 0) is 12.5 Å². The van der Waals surface area contributed by atoms with Gasteiger partial charge in [-0.2, -0.15) is 0 Å². The first-order valence-corrected chi connectivity index (χ1v) is 5.50. The molecular weight excluding hydrogens is 222 g/mol. The normalized spacial score (nSPS) is 10.8. The number of benzene rings is 1. The average Bonchev–Trinajstić information content (AvgIpc) is 2.55. The van der Waals surface area contributed by atoms with Crippen LogP contribution >= 0.6 is 11.6 Å². The van der Waals surface area contributed by atoms with Crippen molar-refractivity contribution in [1.29, 1.82) is 0 Å². The van der Waals surface area contributed by atoms with Gasteiger partial charge >= 0.3 is 0 Å². The molecule has 1 aromatic heterocycles. The van der Waals surface area contributed by atoms with Gasteiger partial charge in [0.25, 0.3) is 0 Å². The van der Waals surface area contributed by atoms with Crippen LogP contribution in [0.1, 0.15) is 11.3 Å². The molecule has 0 radical (unpaired) electrons. The molecule has 0 aliphatic heterocycles. The minimum Gasteiger partial charge on any atom is -0.329 e. The highest BCUT2D eigenvalue weighted by Crippen LogP contribution is 2.26. The minimum absolute atomic E-state index is 0.397. The third-order valence-electron chi connectivity index (χ3n) is 2.74. The zero-order valence-electron chi connectivity index (χ0n) is 9.37. The van der Waals surface area contributed by atoms with E-state index < -0.39 is 0 Å². The summed E-state index contributed by atoms with van der Waals surface area (Å²) in [6, 6.07) is 8.09. The van der Waals surface area contributed by atoms with Crippen LogP contribution in [-0.2, 0) is 13.6 Å². The van der Waals surface area contributed by atoms with Gasteiger partial charge in [-0.25, -0.2) is 4.98 Å². The Labute approximate surface area is 99.9 Å². The van der Waals surface area contributed by atoms with Crippen LogP contribution in [0.5, 0.6) is 0 Å². The van der Waals surface area contributed by atoms with Crippen LogP contribution in [0, 0.1) is 6.92 Å². The van der Waals surface area contributed by atoms with Crippen molar-refractivity contribution >= 4 is 11.6 Å². The van der Waals surface area contributed by atoms with Gasteiger partial charge in [0, 0.05) is 19.2 Å². The molecule has 4 heteroatoms. The molecule has 1 aromatic carbocycles. The van der Waals surface area contributed by atoms with Crippen LogP contribution in [0.25, 0.3) is 11.4 Å². The maximum Gasteiger partial charge on any atom is 0.152 e. The fourth-order valence-corrected chi connectivity index (χ4v) is 2.07. The number of nitrogens with zero attached hydrogens (tertiary/aromatic N) is 2. The van der Waals surface area contributed by atoms with Crippen LogP contribution in [0.15, 0.2) is 24.3 Å². The first kappa shape index (κ1) is 11.2. The smallest absolute Gasteiger partial charge is 0.152 e. The molecule has 0 aliphatic carbocycles. The summed E-state index contributed by atoms with van der Waals surface area (Å²) in [5.41, 5.74) is 8.76. The van der Waals surface area contributed by atoms with Crippen LogP contribution in [-0.4, -0.2) is 9.55 Å². The molecule has 0 spiro atoms. The molecular formula is C12H14ClN3. The van der Waals surface area contributed by atoms with Crippen molar-refractivity contribution in [1.82, 2.24) is 9.55 Å². The average molecular weight is 236 g/mol. The van der Waals surface area contributed by atoms with Gasteiger partial charge in [-0.3, -0.25) is 0 Å². The quantitative estimate of drug-likeness (QED) is 0.869. The number of halogens is 1. The Bertz CT molecular complexity index is 517. The zero-order valence-corrected chi connectivity index (χ0v) is 10.1. The van der Waals surface area contributed by atoms with Gasteiger partial charge in [0.15, 0.2) is 5.15 Å². The Kier molecular flexibility index (Phi) is 2.99. The first-order chi connectivity index (χ1) is 7.65. The number of aryl methyl sites for hydroxylation is 1. The van der Waals surface area contributed by atoms with E-state index >= 15 is 0 Å². The van der Waals surface area contributed by atoms with Crippen molar-refractivity contribution in [3.8, 4) is 11.4 Å². The van der Waals surface area contributed by atoms with Gasteiger partial charge in [0.2, 0.25) is 0 Å². The lowest BCUT2D eigenvalue weighted by Crippen LogP contribution is -2.05. The van der Waals surface area contributed by atoms with E-state index in [1.807, 2.05) is 29.8 Å². The highest BCUT2D eigenvalue weighted by Gasteiger charge is 2.14. The number of rotatable bonds is 2. The first-order valence-electron chi connectivity index (χ1n) is 5.12. The van der Waals surface area contributed by atoms with E-state index in [0.29, 0.717) is 11.7 Å². The summed E-state index contributed by atoms with van der Waals surface area (Å²) in [6.45, 7) is 2.45. The van der Waals surface area contributed by atoms with Crippen molar-refractivity contribution in [3.63, 3.8) is 0 Å². The van der Waals surface area contributed by atoms with Gasteiger partial charge in [0.1, 0.15) is 5.82 Å². The maximum absolute atomic E-state index is 6.04. The molecule has 0 saturated heterocycles. The second-order valence-corrected chi connectivity index (χ2v) is 4.11. The lowest BCUT2D eigenvalue weighted by molar-refractivity contribution is 0.828. The lowest BCUT2D eigenvalue weighted by atomic mass is 10.1. The third-order valence-corrected chi connectivity index (χ3v) is 3.05. The topological polar surface area (TPSA) is 43.8 Å². The lowest BCUT2D eigenvalue weighted by Gasteiger charge is -2.06. The number of nitrogens with two attached hydrogens (primary N) is 1. The van der Waals surface area contributed by atoms with Crippen molar-refractivity contribution in [2.45, 2.75) is 13.5 Å². The largest absolute Gasteiger partial charge is 0.329 e. The number of aromatic nitrogens is 2. The molecule has 84 valence electrons. The van der Waals surface area contributed by atoms with E-state index in [4.69, 9.17) is 17.3 Å². The predicted molar refractivity (Wildman–Crippen MR) is 66.3 cm³/mol. The van der Waals surface area contributed by atoms with Crippen molar-refractivity contribution in [2.24, 2.45) is 12.8 Å². The Hall–Kier alpha value is -1.32. The van der Waals surface area contributed by atoms with E-state index in [0.717, 1.165) is 17.1 Å². The number of hydrogen-bond donors (Lipinski definition) is 1. The predicted octanol–water partition coefficient (Wildman–Crippen LogP) is 2.51. The van der Waals surface area contributed by atoms with Gasteiger partial charge < -0.3 is 10.3 Å². The fraction of sp³-hybridized carbons (Fsp3) is 0.250. The summed E-state index contributed by atoms with van der Waals surface area (Å²) >= 11 is 6.04. The van der Waals surface area contributed by atoms with Gasteiger partial charge in [0.05, 0.1) is 5.69 Å². The molecule has 2 N–H and O–H groups in total. The summed E-state index contributed by atoms with van der Waals surface area (Å²) in [6.07, 6.45) is 0. The molecule has 0 unspecified atom stereocenters. The number of hydrogen-bond acceptors (Lipinski definition) is 2. The minimum atomic E-state index is 0.397. The van der Waals surface area contributed by atoms with Crippen LogP contribution in [0.2, 0.25) is 5.15 Å². The molecule has 1 heterocycles. The molecule has 0 saturated carbocycles. The molecule has 16 heavy (non-hydrogen) atoms. The summed E-state index contributed by atoms with van der Waals surface area (Å²) in [5.74, 6) is 0.864. The summed E-state index contributed by atoms with van der Waals surface area (Å²) in [5, 5.41) is 0.489. The van der Waals surface area contributed by atoms with Gasteiger partial charge in [-0.15, -0.1) is 0 Å². The second-order valence-electron chi connectivity index (χ2n) is 3.75. The highest BCUT2D eigenvalue weighted by atomic mass is 35.5. The second kappa shape index (κ2) is 4.28. The molecule has 2 aromatic rings. The molecule has 0 bridgehead atoms. The van der Waals surface area contributed by atoms with E-state index in [2.05, 4.69) is 18.0 Å². The monoisotopic (exact) mass is 235 g/mol. The molecule has 0 atom stereocenters. The van der Waals surface area contributed by atoms with Crippen LogP contribution in [0.4, 0.5) is 0 Å². The summed E-state index contributed by atoms with van der Waals surface area (Å²) < 4.78 is 1.95. The SMILES string of the molecule is Cc1ccccc1-c1nc(Cl)c(CN)n1C. The Morgan fingerprint density at radius 3 is 2.62 bits per heavy atom. The van der Waals surface area contributed by atoms with E-state index in [-0.39, 0.29) is 0 Å². The standard InChI is InChI=1S/C12H14ClN3/c1-8-5-3-4-6-9(8)12-15-11(13)10(7-14)16(12)2/h3-6H,7,14H2,1-2H3. The van der Waals surface area contributed by atoms with E-state index in [1.165, 1.54) is 5.56 Å². The summed E-state index contributed by atoms with van der Waals surface area (Å²) in [4.78, 5) is 4.36. The Morgan fingerprint density at radius 2 is 2.06 bits per heavy atom. The Morgan fingerprint density at radius 1 is 1.38 bits per heavy atom. The third kappa shape index (κ3) is 1.72. The Balaban J connectivity index is 2.62. The molecule has 2 rings (SSSR count). The fourth-order valence-electron chi connectivity index (χ4n) is 1.78. The molecule has 0 aliphatic rings. The van der Waals surface area contributed by atoms with E-state index in [1.54, 1.807) is 0 Å². The number of imidazole rings is 1. The van der Waals surface area contributed by atoms with Crippen molar-refractivity contribution in [3.05, 3.63) is 40.7 Å². The zero-order chi connectivity index (χ0) is 11.7. The van der Waals surface area contributed by atoms with Crippen molar-refractivity contribution in [2.75, 3.05) is 0 Å². The highest BCUT2D eigenvalue weighted by molar-refractivity contribution is 6.30. The molecule has 0 amide bonds. The van der Waals surface area contributed by atoms with Gasteiger partial charge in [-0.1, -0.05) is 35.9 Å². The maximum atomic E-state index is 6.04. The van der Waals surface area contributed by atoms with Crippen LogP contribution in [0.3, 0.4) is 0 Å². The van der Waals surface area contributed by atoms with Crippen molar-refractivity contribution < 1.29 is 0 Å².